The maximum absolute atomic E-state index is 13.6. The fraction of sp³-hybridized carbons (Fsp3) is 0.250. The van der Waals surface area contributed by atoms with Gasteiger partial charge in [0.25, 0.3) is 0 Å². The highest BCUT2D eigenvalue weighted by atomic mass is 19.1. The van der Waals surface area contributed by atoms with Crippen molar-refractivity contribution in [3.8, 4) is 0 Å². The summed E-state index contributed by atoms with van der Waals surface area (Å²) in [5.74, 6) is -1.48. The quantitative estimate of drug-likeness (QED) is 0.691. The Morgan fingerprint density at radius 2 is 2.10 bits per heavy atom. The van der Waals surface area contributed by atoms with Crippen LogP contribution < -0.4 is 5.32 Å². The zero-order valence-corrected chi connectivity index (χ0v) is 10.8. The molecule has 1 heterocycles. The molecular formula is C12H12F2N4O2. The summed E-state index contributed by atoms with van der Waals surface area (Å²) in [4.78, 5) is 13.8. The van der Waals surface area contributed by atoms with Crippen molar-refractivity contribution >= 4 is 11.4 Å². The fourth-order valence-electron chi connectivity index (χ4n) is 1.88. The minimum atomic E-state index is -1.21. The van der Waals surface area contributed by atoms with E-state index in [2.05, 4.69) is 10.3 Å². The van der Waals surface area contributed by atoms with Crippen molar-refractivity contribution in [3.63, 3.8) is 0 Å². The highest BCUT2D eigenvalue weighted by Gasteiger charge is 2.20. The lowest BCUT2D eigenvalue weighted by atomic mass is 10.2. The van der Waals surface area contributed by atoms with E-state index in [0.29, 0.717) is 11.9 Å². The van der Waals surface area contributed by atoms with Gasteiger partial charge in [0.05, 0.1) is 16.7 Å². The van der Waals surface area contributed by atoms with Gasteiger partial charge in [-0.05, 0) is 6.92 Å². The standard InChI is InChI=1S/C12H12F2N4O2/c1-7(12-15-3-4-17(12)2)16-10-6-11(18(19)20)9(14)5-8(10)13/h3-7,16H,1-2H3. The predicted molar refractivity (Wildman–Crippen MR) is 68.3 cm³/mol. The van der Waals surface area contributed by atoms with Crippen LogP contribution in [-0.4, -0.2) is 14.5 Å². The third-order valence-electron chi connectivity index (χ3n) is 2.85. The second kappa shape index (κ2) is 5.24. The van der Waals surface area contributed by atoms with Crippen molar-refractivity contribution in [2.45, 2.75) is 13.0 Å². The number of rotatable bonds is 4. The van der Waals surface area contributed by atoms with Crippen LogP contribution in [0.2, 0.25) is 0 Å². The van der Waals surface area contributed by atoms with Gasteiger partial charge in [0.2, 0.25) is 5.82 Å². The van der Waals surface area contributed by atoms with Gasteiger partial charge in [-0.3, -0.25) is 10.1 Å². The Bertz CT molecular complexity index is 657. The first-order valence-corrected chi connectivity index (χ1v) is 5.77. The van der Waals surface area contributed by atoms with Crippen molar-refractivity contribution in [1.29, 1.82) is 0 Å². The average molecular weight is 282 g/mol. The maximum atomic E-state index is 13.6. The Morgan fingerprint density at radius 1 is 1.40 bits per heavy atom. The number of nitrogens with zero attached hydrogens (tertiary/aromatic N) is 3. The minimum Gasteiger partial charge on any atom is -0.373 e. The molecule has 1 unspecified atom stereocenters. The Labute approximate surface area is 113 Å². The summed E-state index contributed by atoms with van der Waals surface area (Å²) in [7, 11) is 1.77. The number of benzene rings is 1. The Kier molecular flexibility index (Phi) is 3.64. The van der Waals surface area contributed by atoms with Gasteiger partial charge < -0.3 is 9.88 Å². The highest BCUT2D eigenvalue weighted by molar-refractivity contribution is 5.53. The molecule has 0 spiro atoms. The molecule has 1 aromatic carbocycles. The van der Waals surface area contributed by atoms with Gasteiger partial charge in [0.1, 0.15) is 11.6 Å². The van der Waals surface area contributed by atoms with E-state index < -0.39 is 28.3 Å². The zero-order chi connectivity index (χ0) is 14.9. The molecule has 20 heavy (non-hydrogen) atoms. The van der Waals surface area contributed by atoms with E-state index in [9.17, 15) is 18.9 Å². The van der Waals surface area contributed by atoms with Crippen LogP contribution >= 0.6 is 0 Å². The molecule has 2 rings (SSSR count). The number of nitrogens with one attached hydrogen (secondary N) is 1. The number of imidazole rings is 1. The van der Waals surface area contributed by atoms with Crippen molar-refractivity contribution in [2.24, 2.45) is 7.05 Å². The molecule has 0 saturated carbocycles. The highest BCUT2D eigenvalue weighted by Crippen LogP contribution is 2.27. The molecular weight excluding hydrogens is 270 g/mol. The van der Waals surface area contributed by atoms with Gasteiger partial charge in [0.15, 0.2) is 0 Å². The summed E-state index contributed by atoms with van der Waals surface area (Å²) >= 11 is 0. The molecule has 0 aliphatic rings. The number of anilines is 1. The SMILES string of the molecule is CC(Nc1cc([N+](=O)[O-])c(F)cc1F)c1nccn1C. The molecule has 0 radical (unpaired) electrons. The van der Waals surface area contributed by atoms with E-state index in [4.69, 9.17) is 0 Å². The predicted octanol–water partition coefficient (Wildman–Crippen LogP) is 2.78. The molecule has 0 amide bonds. The molecule has 0 bridgehead atoms. The van der Waals surface area contributed by atoms with Gasteiger partial charge in [-0.1, -0.05) is 0 Å². The number of aryl methyl sites for hydroxylation is 1. The number of hydrogen-bond acceptors (Lipinski definition) is 4. The molecule has 2 aromatic rings. The van der Waals surface area contributed by atoms with E-state index >= 15 is 0 Å². The van der Waals surface area contributed by atoms with Crippen LogP contribution in [0.4, 0.5) is 20.2 Å². The summed E-state index contributed by atoms with van der Waals surface area (Å²) in [5, 5.41) is 13.4. The van der Waals surface area contributed by atoms with E-state index in [1.54, 1.807) is 30.9 Å². The van der Waals surface area contributed by atoms with E-state index in [-0.39, 0.29) is 5.69 Å². The van der Waals surface area contributed by atoms with Crippen molar-refractivity contribution in [3.05, 3.63) is 52.1 Å². The third kappa shape index (κ3) is 2.58. The lowest BCUT2D eigenvalue weighted by Gasteiger charge is -2.15. The van der Waals surface area contributed by atoms with Crippen LogP contribution in [-0.2, 0) is 7.05 Å². The van der Waals surface area contributed by atoms with E-state index in [1.165, 1.54) is 0 Å². The number of nitro benzene ring substituents is 1. The van der Waals surface area contributed by atoms with Crippen LogP contribution in [0.1, 0.15) is 18.8 Å². The number of nitro groups is 1. The van der Waals surface area contributed by atoms with Crippen LogP contribution in [0.3, 0.4) is 0 Å². The third-order valence-corrected chi connectivity index (χ3v) is 2.85. The lowest BCUT2D eigenvalue weighted by Crippen LogP contribution is -2.13. The monoisotopic (exact) mass is 282 g/mol. The normalized spacial score (nSPS) is 12.2. The van der Waals surface area contributed by atoms with Gasteiger partial charge in [0, 0.05) is 31.6 Å². The Balaban J connectivity index is 2.32. The first-order chi connectivity index (χ1) is 9.40. The summed E-state index contributed by atoms with van der Waals surface area (Å²) < 4.78 is 28.6. The van der Waals surface area contributed by atoms with Gasteiger partial charge in [-0.15, -0.1) is 0 Å². The van der Waals surface area contributed by atoms with Crippen molar-refractivity contribution in [1.82, 2.24) is 9.55 Å². The lowest BCUT2D eigenvalue weighted by molar-refractivity contribution is -0.387. The first-order valence-electron chi connectivity index (χ1n) is 5.77. The Morgan fingerprint density at radius 3 is 2.65 bits per heavy atom. The van der Waals surface area contributed by atoms with E-state index in [1.807, 2.05) is 0 Å². The number of aromatic nitrogens is 2. The minimum absolute atomic E-state index is 0.145. The smallest absolute Gasteiger partial charge is 0.307 e. The van der Waals surface area contributed by atoms with Crippen LogP contribution in [0.25, 0.3) is 0 Å². The molecule has 1 aromatic heterocycles. The molecule has 0 fully saturated rings. The topological polar surface area (TPSA) is 73.0 Å². The van der Waals surface area contributed by atoms with Crippen molar-refractivity contribution in [2.75, 3.05) is 5.32 Å². The molecule has 6 nitrogen and oxygen atoms in total. The first kappa shape index (κ1) is 13.9. The van der Waals surface area contributed by atoms with Crippen LogP contribution in [0.5, 0.6) is 0 Å². The number of halogens is 2. The molecule has 106 valence electrons. The average Bonchev–Trinajstić information content (AvgIpc) is 2.78. The second-order valence-electron chi connectivity index (χ2n) is 4.30. The largest absolute Gasteiger partial charge is 0.373 e. The molecule has 0 aliphatic heterocycles. The van der Waals surface area contributed by atoms with Crippen LogP contribution in [0, 0.1) is 21.7 Å². The van der Waals surface area contributed by atoms with Crippen LogP contribution in [0.15, 0.2) is 24.5 Å². The molecule has 0 saturated heterocycles. The van der Waals surface area contributed by atoms with Gasteiger partial charge in [-0.25, -0.2) is 9.37 Å². The Hall–Kier alpha value is -2.51. The summed E-state index contributed by atoms with van der Waals surface area (Å²) in [6.07, 6.45) is 3.30. The van der Waals surface area contributed by atoms with Gasteiger partial charge in [-0.2, -0.15) is 4.39 Å². The fourth-order valence-corrected chi connectivity index (χ4v) is 1.88. The molecule has 8 heteroatoms. The zero-order valence-electron chi connectivity index (χ0n) is 10.8. The molecule has 0 aliphatic carbocycles. The summed E-state index contributed by atoms with van der Waals surface area (Å²) in [6, 6.07) is 0.935. The summed E-state index contributed by atoms with van der Waals surface area (Å²) in [5.41, 5.74) is -0.922. The molecule has 1 atom stereocenters. The second-order valence-corrected chi connectivity index (χ2v) is 4.30. The summed E-state index contributed by atoms with van der Waals surface area (Å²) in [6.45, 7) is 1.72. The van der Waals surface area contributed by atoms with E-state index in [0.717, 1.165) is 6.07 Å². The van der Waals surface area contributed by atoms with Crippen molar-refractivity contribution < 1.29 is 13.7 Å². The number of hydrogen-bond donors (Lipinski definition) is 1. The van der Waals surface area contributed by atoms with Gasteiger partial charge >= 0.3 is 5.69 Å². The molecule has 1 N–H and O–H groups in total. The maximum Gasteiger partial charge on any atom is 0.307 e.